The molecule has 0 saturated carbocycles. The summed E-state index contributed by atoms with van der Waals surface area (Å²) in [6.07, 6.45) is -2.29. The summed E-state index contributed by atoms with van der Waals surface area (Å²) < 4.78 is 22.8. The molecule has 0 aliphatic carbocycles. The molecule has 0 heterocycles. The van der Waals surface area contributed by atoms with Gasteiger partial charge in [-0.2, -0.15) is 4.21 Å². The van der Waals surface area contributed by atoms with E-state index in [1.165, 1.54) is 0 Å². The van der Waals surface area contributed by atoms with E-state index >= 15 is 0 Å². The zero-order valence-corrected chi connectivity index (χ0v) is 8.96. The fraction of sp³-hybridized carbons (Fsp3) is 0.500. The van der Waals surface area contributed by atoms with Crippen LogP contribution < -0.4 is 0 Å². The summed E-state index contributed by atoms with van der Waals surface area (Å²) in [6, 6.07) is 0. The van der Waals surface area contributed by atoms with Gasteiger partial charge in [-0.15, -0.1) is 0 Å². The van der Waals surface area contributed by atoms with E-state index in [9.17, 15) is 14.4 Å². The molecule has 0 aromatic carbocycles. The topological polar surface area (TPSA) is 190 Å². The van der Waals surface area contributed by atoms with Crippen LogP contribution in [0.2, 0.25) is 0 Å². The van der Waals surface area contributed by atoms with Gasteiger partial charge in [-0.1, -0.05) is 0 Å². The molecule has 0 aromatic heterocycles. The summed E-state index contributed by atoms with van der Waals surface area (Å²) in [5, 5.41) is 33.8. The summed E-state index contributed by atoms with van der Waals surface area (Å²) in [6.45, 7) is 0. The van der Waals surface area contributed by atoms with E-state index in [0.29, 0.717) is 0 Å². The molecule has 0 rings (SSSR count). The van der Waals surface area contributed by atoms with E-state index < -0.39 is 47.7 Å². The van der Waals surface area contributed by atoms with E-state index in [1.54, 1.807) is 0 Å². The Bertz CT molecular complexity index is 308. The Morgan fingerprint density at radius 3 is 1.28 bits per heavy atom. The molecule has 0 spiro atoms. The van der Waals surface area contributed by atoms with Crippen LogP contribution in [0, 0.1) is 0 Å². The number of aliphatic carboxylic acids is 3. The SMILES string of the molecule is O=C(O)CC(O)(CC(=O)O)C(=O)O.O=S(O)O.[NaH]. The van der Waals surface area contributed by atoms with Gasteiger partial charge in [0.1, 0.15) is 0 Å². The van der Waals surface area contributed by atoms with Gasteiger partial charge >= 0.3 is 47.5 Å². The first-order valence-corrected chi connectivity index (χ1v) is 4.77. The van der Waals surface area contributed by atoms with Crippen molar-refractivity contribution in [3.05, 3.63) is 0 Å². The van der Waals surface area contributed by atoms with Crippen LogP contribution in [0.15, 0.2) is 0 Å². The minimum absolute atomic E-state index is 0. The molecule has 0 unspecified atom stereocenters. The molecular weight excluding hydrogens is 287 g/mol. The van der Waals surface area contributed by atoms with Crippen molar-refractivity contribution in [2.45, 2.75) is 18.4 Å². The number of rotatable bonds is 5. The van der Waals surface area contributed by atoms with Crippen molar-refractivity contribution in [2.75, 3.05) is 0 Å². The predicted molar refractivity (Wildman–Crippen MR) is 57.6 cm³/mol. The molecule has 0 fully saturated rings. The van der Waals surface area contributed by atoms with Gasteiger partial charge in [0.15, 0.2) is 5.60 Å². The van der Waals surface area contributed by atoms with Gasteiger partial charge in [0.2, 0.25) is 0 Å². The van der Waals surface area contributed by atoms with Crippen molar-refractivity contribution in [1.29, 1.82) is 0 Å². The summed E-state index contributed by atoms with van der Waals surface area (Å²) in [4.78, 5) is 30.5. The van der Waals surface area contributed by atoms with Gasteiger partial charge in [-0.05, 0) is 0 Å². The number of carboxylic acid groups (broad SMARTS) is 3. The van der Waals surface area contributed by atoms with Gasteiger partial charge in [0.05, 0.1) is 12.8 Å². The predicted octanol–water partition coefficient (Wildman–Crippen LogP) is -2.22. The second kappa shape index (κ2) is 10.4. The molecule has 12 heteroatoms. The number of hydrogen-bond acceptors (Lipinski definition) is 5. The normalized spacial score (nSPS) is 9.78. The summed E-state index contributed by atoms with van der Waals surface area (Å²) in [5.41, 5.74) is -2.74. The quantitative estimate of drug-likeness (QED) is 0.239. The molecular formula is C6H11NaO10S. The molecule has 0 aliphatic rings. The van der Waals surface area contributed by atoms with Crippen LogP contribution in [-0.4, -0.2) is 86.8 Å². The van der Waals surface area contributed by atoms with Crippen molar-refractivity contribution in [2.24, 2.45) is 0 Å². The van der Waals surface area contributed by atoms with E-state index in [1.807, 2.05) is 0 Å². The van der Waals surface area contributed by atoms with Gasteiger partial charge in [0.25, 0.3) is 11.4 Å². The molecule has 0 saturated heterocycles. The van der Waals surface area contributed by atoms with Gasteiger partial charge in [-0.25, -0.2) is 4.79 Å². The van der Waals surface area contributed by atoms with Crippen LogP contribution in [0.4, 0.5) is 0 Å². The maximum absolute atomic E-state index is 10.3. The van der Waals surface area contributed by atoms with E-state index in [0.717, 1.165) is 0 Å². The van der Waals surface area contributed by atoms with Gasteiger partial charge in [-0.3, -0.25) is 18.7 Å². The molecule has 0 atom stereocenters. The zero-order valence-electron chi connectivity index (χ0n) is 8.14. The number of hydrogen-bond donors (Lipinski definition) is 6. The van der Waals surface area contributed by atoms with Gasteiger partial charge < -0.3 is 20.4 Å². The van der Waals surface area contributed by atoms with Crippen LogP contribution >= 0.6 is 0 Å². The zero-order chi connectivity index (χ0) is 14.2. The van der Waals surface area contributed by atoms with E-state index in [2.05, 4.69) is 0 Å². The van der Waals surface area contributed by atoms with Gasteiger partial charge in [0, 0.05) is 0 Å². The van der Waals surface area contributed by atoms with Crippen molar-refractivity contribution in [1.82, 2.24) is 0 Å². The Kier molecular flexibility index (Phi) is 13.0. The van der Waals surface area contributed by atoms with E-state index in [4.69, 9.17) is 33.7 Å². The van der Waals surface area contributed by atoms with Crippen molar-refractivity contribution in [3.8, 4) is 0 Å². The molecule has 0 amide bonds. The Morgan fingerprint density at radius 2 is 1.17 bits per heavy atom. The molecule has 18 heavy (non-hydrogen) atoms. The number of carboxylic acids is 3. The van der Waals surface area contributed by atoms with Crippen LogP contribution in [0.5, 0.6) is 0 Å². The monoisotopic (exact) mass is 298 g/mol. The first kappa shape index (κ1) is 22.6. The molecule has 10 nitrogen and oxygen atoms in total. The molecule has 0 radical (unpaired) electrons. The van der Waals surface area contributed by atoms with Crippen LogP contribution in [0.25, 0.3) is 0 Å². The summed E-state index contributed by atoms with van der Waals surface area (Å²) in [7, 11) is 0. The third-order valence-electron chi connectivity index (χ3n) is 1.29. The first-order chi connectivity index (χ1) is 7.51. The molecule has 0 aromatic rings. The number of carbonyl (C=O) groups is 3. The molecule has 6 N–H and O–H groups in total. The standard InChI is InChI=1S/C6H8O7.Na.H2O3S.H/c7-3(8)1-6(13,5(11)12)2-4(9)10;;1-4(2)3;/h13H,1-2H2,(H,7,8)(H,9,10)(H,11,12);;(H2,1,2,3);. The Balaban J connectivity index is -0.000000392. The van der Waals surface area contributed by atoms with Crippen LogP contribution in [0.3, 0.4) is 0 Å². The average molecular weight is 298 g/mol. The van der Waals surface area contributed by atoms with Crippen LogP contribution in [-0.2, 0) is 25.7 Å². The third kappa shape index (κ3) is 13.5. The molecule has 0 aliphatic heterocycles. The maximum atomic E-state index is 10.3. The molecule has 102 valence electrons. The van der Waals surface area contributed by atoms with Crippen LogP contribution in [0.1, 0.15) is 12.8 Å². The number of aliphatic hydroxyl groups is 1. The fourth-order valence-electron chi connectivity index (χ4n) is 0.714. The fourth-order valence-corrected chi connectivity index (χ4v) is 0.714. The van der Waals surface area contributed by atoms with E-state index in [-0.39, 0.29) is 29.6 Å². The second-order valence-electron chi connectivity index (χ2n) is 2.71. The molecule has 0 bridgehead atoms. The Morgan fingerprint density at radius 1 is 0.944 bits per heavy atom. The van der Waals surface area contributed by atoms with Crippen molar-refractivity contribution < 1.29 is 48.1 Å². The third-order valence-corrected chi connectivity index (χ3v) is 1.29. The van der Waals surface area contributed by atoms with Crippen molar-refractivity contribution in [3.63, 3.8) is 0 Å². The Labute approximate surface area is 125 Å². The summed E-state index contributed by atoms with van der Waals surface area (Å²) in [5.74, 6) is -5.02. The average Bonchev–Trinajstić information content (AvgIpc) is 1.98. The summed E-state index contributed by atoms with van der Waals surface area (Å²) >= 11 is -2.61. The first-order valence-electron chi connectivity index (χ1n) is 3.70. The van der Waals surface area contributed by atoms with Crippen molar-refractivity contribution >= 4 is 58.8 Å². The Hall–Kier alpha value is -0.560. The second-order valence-corrected chi connectivity index (χ2v) is 3.17. The minimum atomic E-state index is -2.74.